The van der Waals surface area contributed by atoms with Gasteiger partial charge in [-0.2, -0.15) is 0 Å². The van der Waals surface area contributed by atoms with Gasteiger partial charge in [0, 0.05) is 36.6 Å². The van der Waals surface area contributed by atoms with Gasteiger partial charge >= 0.3 is 0 Å². The molecule has 6 heteroatoms. The van der Waals surface area contributed by atoms with E-state index in [2.05, 4.69) is 10.5 Å². The number of hydrogen-bond acceptors (Lipinski definition) is 4. The van der Waals surface area contributed by atoms with Crippen LogP contribution >= 0.6 is 0 Å². The van der Waals surface area contributed by atoms with Gasteiger partial charge in [-0.1, -0.05) is 5.16 Å². The summed E-state index contributed by atoms with van der Waals surface area (Å²) in [6.07, 6.45) is 2.13. The van der Waals surface area contributed by atoms with Crippen LogP contribution in [-0.2, 0) is 0 Å². The molecule has 1 aliphatic rings. The van der Waals surface area contributed by atoms with Crippen LogP contribution in [0.3, 0.4) is 0 Å². The zero-order valence-corrected chi connectivity index (χ0v) is 14.2. The zero-order chi connectivity index (χ0) is 16.6. The van der Waals surface area contributed by atoms with Crippen LogP contribution in [0.4, 0.5) is 0 Å². The Bertz CT molecular complexity index is 716. The van der Waals surface area contributed by atoms with Crippen molar-refractivity contribution >= 4 is 5.91 Å². The first kappa shape index (κ1) is 15.8. The maximum atomic E-state index is 13.0. The SMILES string of the molecule is CNCC1CCCN1C(=O)c1cc(C)n(-c2cc(C)on2)c1C. The molecule has 1 atom stereocenters. The number of carbonyl (C=O) groups is 1. The molecule has 0 radical (unpaired) electrons. The van der Waals surface area contributed by atoms with Crippen LogP contribution in [-0.4, -0.2) is 46.7 Å². The minimum absolute atomic E-state index is 0.113. The first-order valence-electron chi connectivity index (χ1n) is 8.11. The van der Waals surface area contributed by atoms with Crippen molar-refractivity contribution < 1.29 is 9.32 Å². The van der Waals surface area contributed by atoms with E-state index >= 15 is 0 Å². The lowest BCUT2D eigenvalue weighted by Gasteiger charge is -2.24. The highest BCUT2D eigenvalue weighted by molar-refractivity contribution is 5.96. The fraction of sp³-hybridized carbons (Fsp3) is 0.529. The molecule has 23 heavy (non-hydrogen) atoms. The van der Waals surface area contributed by atoms with Gasteiger partial charge in [-0.25, -0.2) is 0 Å². The lowest BCUT2D eigenvalue weighted by atomic mass is 10.2. The number of hydrogen-bond donors (Lipinski definition) is 1. The molecular weight excluding hydrogens is 292 g/mol. The monoisotopic (exact) mass is 316 g/mol. The summed E-state index contributed by atoms with van der Waals surface area (Å²) in [6.45, 7) is 7.49. The van der Waals surface area contributed by atoms with Crippen LogP contribution in [0.5, 0.6) is 0 Å². The number of likely N-dealkylation sites (tertiary alicyclic amines) is 1. The van der Waals surface area contributed by atoms with Crippen molar-refractivity contribution in [3.63, 3.8) is 0 Å². The predicted octanol–water partition coefficient (Wildman–Crippen LogP) is 2.21. The number of nitrogens with zero attached hydrogens (tertiary/aromatic N) is 3. The van der Waals surface area contributed by atoms with E-state index in [-0.39, 0.29) is 11.9 Å². The Morgan fingerprint density at radius 3 is 2.83 bits per heavy atom. The number of rotatable bonds is 4. The van der Waals surface area contributed by atoms with Crippen molar-refractivity contribution in [1.82, 2.24) is 19.9 Å². The van der Waals surface area contributed by atoms with Crippen LogP contribution in [0.15, 0.2) is 16.7 Å². The molecule has 124 valence electrons. The van der Waals surface area contributed by atoms with E-state index in [9.17, 15) is 4.79 Å². The highest BCUT2D eigenvalue weighted by Gasteiger charge is 2.31. The summed E-state index contributed by atoms with van der Waals surface area (Å²) in [5.41, 5.74) is 2.66. The number of likely N-dealkylation sites (N-methyl/N-ethyl adjacent to an activating group) is 1. The van der Waals surface area contributed by atoms with Gasteiger partial charge in [0.05, 0.1) is 5.56 Å². The minimum Gasteiger partial charge on any atom is -0.360 e. The average Bonchev–Trinajstić information content (AvgIpc) is 3.19. The molecule has 1 N–H and O–H groups in total. The predicted molar refractivity (Wildman–Crippen MR) is 88.0 cm³/mol. The van der Waals surface area contributed by atoms with Gasteiger partial charge in [0.2, 0.25) is 0 Å². The molecule has 1 amide bonds. The first-order chi connectivity index (χ1) is 11.0. The van der Waals surface area contributed by atoms with Crippen molar-refractivity contribution in [2.24, 2.45) is 0 Å². The molecule has 0 bridgehead atoms. The van der Waals surface area contributed by atoms with Crippen LogP contribution < -0.4 is 5.32 Å². The molecule has 1 saturated heterocycles. The summed E-state index contributed by atoms with van der Waals surface area (Å²) in [5, 5.41) is 7.26. The molecule has 0 aliphatic carbocycles. The van der Waals surface area contributed by atoms with E-state index in [4.69, 9.17) is 4.52 Å². The fourth-order valence-corrected chi connectivity index (χ4v) is 3.50. The maximum Gasteiger partial charge on any atom is 0.255 e. The smallest absolute Gasteiger partial charge is 0.255 e. The lowest BCUT2D eigenvalue weighted by molar-refractivity contribution is 0.0736. The summed E-state index contributed by atoms with van der Waals surface area (Å²) in [6, 6.07) is 4.12. The third kappa shape index (κ3) is 2.79. The van der Waals surface area contributed by atoms with Gasteiger partial charge in [-0.3, -0.25) is 9.36 Å². The van der Waals surface area contributed by atoms with E-state index in [0.717, 1.165) is 54.5 Å². The van der Waals surface area contributed by atoms with Crippen molar-refractivity contribution in [1.29, 1.82) is 0 Å². The second-order valence-electron chi connectivity index (χ2n) is 6.27. The number of nitrogens with one attached hydrogen (secondary N) is 1. The highest BCUT2D eigenvalue weighted by Crippen LogP contribution is 2.25. The van der Waals surface area contributed by atoms with Crippen LogP contribution in [0.2, 0.25) is 0 Å². The molecule has 2 aromatic heterocycles. The topological polar surface area (TPSA) is 63.3 Å². The van der Waals surface area contributed by atoms with Crippen molar-refractivity contribution in [3.05, 3.63) is 34.8 Å². The third-order valence-electron chi connectivity index (χ3n) is 4.58. The normalized spacial score (nSPS) is 17.9. The van der Waals surface area contributed by atoms with E-state index in [1.807, 2.05) is 49.4 Å². The quantitative estimate of drug-likeness (QED) is 0.939. The molecule has 0 saturated carbocycles. The van der Waals surface area contributed by atoms with Gasteiger partial charge in [0.1, 0.15) is 5.76 Å². The van der Waals surface area contributed by atoms with E-state index in [1.165, 1.54) is 0 Å². The van der Waals surface area contributed by atoms with Crippen LogP contribution in [0, 0.1) is 20.8 Å². The number of aromatic nitrogens is 2. The second kappa shape index (κ2) is 6.20. The molecule has 1 unspecified atom stereocenters. The molecular formula is C17H24N4O2. The zero-order valence-electron chi connectivity index (χ0n) is 14.2. The van der Waals surface area contributed by atoms with E-state index in [0.29, 0.717) is 0 Å². The lowest BCUT2D eigenvalue weighted by Crippen LogP contribution is -2.41. The van der Waals surface area contributed by atoms with Gasteiger partial charge in [0.15, 0.2) is 5.82 Å². The van der Waals surface area contributed by atoms with Crippen LogP contribution in [0.25, 0.3) is 5.82 Å². The Hall–Kier alpha value is -2.08. The molecule has 3 heterocycles. The van der Waals surface area contributed by atoms with Crippen molar-refractivity contribution in [3.8, 4) is 5.82 Å². The van der Waals surface area contributed by atoms with Crippen molar-refractivity contribution in [2.75, 3.05) is 20.1 Å². The molecule has 2 aromatic rings. The molecule has 0 aromatic carbocycles. The summed E-state index contributed by atoms with van der Waals surface area (Å²) < 4.78 is 7.15. The highest BCUT2D eigenvalue weighted by atomic mass is 16.5. The third-order valence-corrected chi connectivity index (χ3v) is 4.58. The Kier molecular flexibility index (Phi) is 4.26. The van der Waals surface area contributed by atoms with Crippen molar-refractivity contribution in [2.45, 2.75) is 39.7 Å². The summed E-state index contributed by atoms with van der Waals surface area (Å²) in [4.78, 5) is 15.0. The fourth-order valence-electron chi connectivity index (χ4n) is 3.50. The minimum atomic E-state index is 0.113. The van der Waals surface area contributed by atoms with E-state index < -0.39 is 0 Å². The van der Waals surface area contributed by atoms with Crippen LogP contribution in [0.1, 0.15) is 40.3 Å². The van der Waals surface area contributed by atoms with Gasteiger partial charge < -0.3 is 14.7 Å². The Morgan fingerprint density at radius 2 is 2.17 bits per heavy atom. The largest absolute Gasteiger partial charge is 0.360 e. The number of aryl methyl sites for hydroxylation is 2. The molecule has 3 rings (SSSR count). The second-order valence-corrected chi connectivity index (χ2v) is 6.27. The summed E-state index contributed by atoms with van der Waals surface area (Å²) in [5.74, 6) is 1.60. The van der Waals surface area contributed by atoms with Gasteiger partial charge in [-0.15, -0.1) is 0 Å². The molecule has 6 nitrogen and oxygen atoms in total. The Balaban J connectivity index is 1.93. The standard InChI is InChI=1S/C17H24N4O2/c1-11-8-15(13(3)21(11)16-9-12(2)23-19-16)17(22)20-7-5-6-14(20)10-18-4/h8-9,14,18H,5-7,10H2,1-4H3. The van der Waals surface area contributed by atoms with Gasteiger partial charge in [-0.05, 0) is 46.7 Å². The molecule has 1 fully saturated rings. The number of amides is 1. The Morgan fingerprint density at radius 1 is 1.39 bits per heavy atom. The maximum absolute atomic E-state index is 13.0. The van der Waals surface area contributed by atoms with E-state index in [1.54, 1.807) is 0 Å². The first-order valence-corrected chi connectivity index (χ1v) is 8.11. The van der Waals surface area contributed by atoms with Gasteiger partial charge in [0.25, 0.3) is 5.91 Å². The summed E-state index contributed by atoms with van der Waals surface area (Å²) >= 11 is 0. The average molecular weight is 316 g/mol. The Labute approximate surface area is 136 Å². The summed E-state index contributed by atoms with van der Waals surface area (Å²) in [7, 11) is 1.93. The molecule has 1 aliphatic heterocycles. The molecule has 0 spiro atoms. The number of carbonyl (C=O) groups excluding carboxylic acids is 1.